The Morgan fingerprint density at radius 3 is 2.80 bits per heavy atom. The van der Waals surface area contributed by atoms with Crippen LogP contribution in [0.25, 0.3) is 0 Å². The summed E-state index contributed by atoms with van der Waals surface area (Å²) in [5.74, 6) is 1.46. The highest BCUT2D eigenvalue weighted by Gasteiger charge is 2.17. The molecule has 104 valence electrons. The fraction of sp³-hybridized carbons (Fsp3) is 0.200. The Bertz CT molecular complexity index is 658. The molecule has 2 N–H and O–H groups in total. The van der Waals surface area contributed by atoms with Crippen molar-refractivity contribution < 1.29 is 14.6 Å². The molecule has 4 nitrogen and oxygen atoms in total. The van der Waals surface area contributed by atoms with E-state index in [4.69, 9.17) is 9.47 Å². The van der Waals surface area contributed by atoms with Gasteiger partial charge in [-0.3, -0.25) is 0 Å². The lowest BCUT2D eigenvalue weighted by atomic mass is 10.1. The Hall–Kier alpha value is -1.88. The molecule has 1 aliphatic heterocycles. The molecule has 1 heterocycles. The van der Waals surface area contributed by atoms with Gasteiger partial charge in [-0.2, -0.15) is 0 Å². The molecule has 0 amide bonds. The number of anilines is 1. The lowest BCUT2D eigenvalue weighted by molar-refractivity contribution is 0.174. The second-order valence-electron chi connectivity index (χ2n) is 4.62. The van der Waals surface area contributed by atoms with E-state index in [-0.39, 0.29) is 12.5 Å². The van der Waals surface area contributed by atoms with E-state index in [0.717, 1.165) is 21.3 Å². The van der Waals surface area contributed by atoms with E-state index in [1.165, 1.54) is 0 Å². The smallest absolute Gasteiger partial charge is 0.231 e. The van der Waals surface area contributed by atoms with Crippen LogP contribution in [-0.4, -0.2) is 11.9 Å². The van der Waals surface area contributed by atoms with Crippen LogP contribution in [0, 0.1) is 6.92 Å². The van der Waals surface area contributed by atoms with Gasteiger partial charge >= 0.3 is 0 Å². The summed E-state index contributed by atoms with van der Waals surface area (Å²) in [7, 11) is 0. The Morgan fingerprint density at radius 2 is 2.00 bits per heavy atom. The van der Waals surface area contributed by atoms with Crippen LogP contribution in [0.5, 0.6) is 17.2 Å². The maximum Gasteiger partial charge on any atom is 0.231 e. The summed E-state index contributed by atoms with van der Waals surface area (Å²) < 4.78 is 11.6. The Balaban J connectivity index is 1.80. The standard InChI is InChI=1S/C15H14BrNO3/c1-9-3-2-4-11(15(9)16)17-7-10-5-13-14(6-12(10)18)20-8-19-13/h2-6,17-18H,7-8H2,1H3. The van der Waals surface area contributed by atoms with Gasteiger partial charge < -0.3 is 19.9 Å². The SMILES string of the molecule is Cc1cccc(NCc2cc3c(cc2O)OCO3)c1Br. The molecule has 0 radical (unpaired) electrons. The fourth-order valence-electron chi connectivity index (χ4n) is 2.09. The van der Waals surface area contributed by atoms with Crippen molar-refractivity contribution in [2.75, 3.05) is 12.1 Å². The summed E-state index contributed by atoms with van der Waals surface area (Å²) in [4.78, 5) is 0. The highest BCUT2D eigenvalue weighted by molar-refractivity contribution is 9.10. The molecule has 0 saturated carbocycles. The molecule has 0 fully saturated rings. The lowest BCUT2D eigenvalue weighted by Crippen LogP contribution is -2.01. The number of phenolic OH excluding ortho intramolecular Hbond substituents is 1. The van der Waals surface area contributed by atoms with Crippen LogP contribution in [-0.2, 0) is 6.54 Å². The number of phenols is 1. The third-order valence-corrected chi connectivity index (χ3v) is 4.29. The van der Waals surface area contributed by atoms with Gasteiger partial charge in [0.1, 0.15) is 5.75 Å². The minimum atomic E-state index is 0.200. The number of aromatic hydroxyl groups is 1. The number of fused-ring (bicyclic) bond motifs is 1. The van der Waals surface area contributed by atoms with Crippen molar-refractivity contribution in [3.8, 4) is 17.2 Å². The average molecular weight is 336 g/mol. The summed E-state index contributed by atoms with van der Waals surface area (Å²) in [6.07, 6.45) is 0. The van der Waals surface area contributed by atoms with Gasteiger partial charge in [-0.05, 0) is 40.5 Å². The van der Waals surface area contributed by atoms with E-state index >= 15 is 0 Å². The van der Waals surface area contributed by atoms with Crippen LogP contribution < -0.4 is 14.8 Å². The average Bonchev–Trinajstić information content (AvgIpc) is 2.87. The van der Waals surface area contributed by atoms with Crippen LogP contribution in [0.2, 0.25) is 0 Å². The molecule has 0 atom stereocenters. The van der Waals surface area contributed by atoms with Gasteiger partial charge in [-0.1, -0.05) is 12.1 Å². The van der Waals surface area contributed by atoms with Crippen molar-refractivity contribution in [2.45, 2.75) is 13.5 Å². The number of nitrogens with one attached hydrogen (secondary N) is 1. The van der Waals surface area contributed by atoms with Crippen molar-refractivity contribution >= 4 is 21.6 Å². The zero-order chi connectivity index (χ0) is 14.1. The molecular weight excluding hydrogens is 322 g/mol. The Morgan fingerprint density at radius 1 is 1.25 bits per heavy atom. The molecular formula is C15H14BrNO3. The highest BCUT2D eigenvalue weighted by atomic mass is 79.9. The monoisotopic (exact) mass is 335 g/mol. The van der Waals surface area contributed by atoms with Gasteiger partial charge in [0.05, 0.1) is 0 Å². The zero-order valence-corrected chi connectivity index (χ0v) is 12.5. The number of aryl methyl sites for hydroxylation is 1. The van der Waals surface area contributed by atoms with Crippen molar-refractivity contribution in [3.05, 3.63) is 45.9 Å². The van der Waals surface area contributed by atoms with E-state index in [2.05, 4.69) is 21.2 Å². The normalized spacial score (nSPS) is 12.5. The summed E-state index contributed by atoms with van der Waals surface area (Å²) >= 11 is 3.55. The Kier molecular flexibility index (Phi) is 3.44. The third-order valence-electron chi connectivity index (χ3n) is 3.23. The van der Waals surface area contributed by atoms with Gasteiger partial charge in [0.25, 0.3) is 0 Å². The van der Waals surface area contributed by atoms with Crippen molar-refractivity contribution in [1.82, 2.24) is 0 Å². The highest BCUT2D eigenvalue weighted by Crippen LogP contribution is 2.38. The van der Waals surface area contributed by atoms with Gasteiger partial charge in [0.15, 0.2) is 11.5 Å². The van der Waals surface area contributed by atoms with Gasteiger partial charge in [-0.25, -0.2) is 0 Å². The molecule has 5 heteroatoms. The van der Waals surface area contributed by atoms with Gasteiger partial charge in [-0.15, -0.1) is 0 Å². The van der Waals surface area contributed by atoms with E-state index < -0.39 is 0 Å². The largest absolute Gasteiger partial charge is 0.507 e. The second kappa shape index (κ2) is 5.25. The third kappa shape index (κ3) is 2.41. The first-order valence-corrected chi connectivity index (χ1v) is 7.05. The summed E-state index contributed by atoms with van der Waals surface area (Å²) in [5, 5.41) is 13.3. The van der Waals surface area contributed by atoms with Crippen LogP contribution in [0.15, 0.2) is 34.8 Å². The molecule has 0 saturated heterocycles. The van der Waals surface area contributed by atoms with Crippen LogP contribution in [0.3, 0.4) is 0 Å². The fourth-order valence-corrected chi connectivity index (χ4v) is 2.49. The second-order valence-corrected chi connectivity index (χ2v) is 5.42. The minimum Gasteiger partial charge on any atom is -0.507 e. The molecule has 0 aliphatic carbocycles. The number of benzene rings is 2. The lowest BCUT2D eigenvalue weighted by Gasteiger charge is -2.12. The molecule has 0 aromatic heterocycles. The number of halogens is 1. The molecule has 20 heavy (non-hydrogen) atoms. The number of ether oxygens (including phenoxy) is 2. The van der Waals surface area contributed by atoms with Crippen molar-refractivity contribution in [2.24, 2.45) is 0 Å². The maximum atomic E-state index is 9.99. The first kappa shape index (κ1) is 13.1. The topological polar surface area (TPSA) is 50.7 Å². The predicted molar refractivity (Wildman–Crippen MR) is 80.4 cm³/mol. The first-order chi connectivity index (χ1) is 9.65. The van der Waals surface area contributed by atoms with Crippen LogP contribution in [0.4, 0.5) is 5.69 Å². The molecule has 0 bridgehead atoms. The van der Waals surface area contributed by atoms with Crippen LogP contribution in [0.1, 0.15) is 11.1 Å². The quantitative estimate of drug-likeness (QED) is 0.895. The molecule has 2 aromatic rings. The van der Waals surface area contributed by atoms with Crippen LogP contribution >= 0.6 is 15.9 Å². The maximum absolute atomic E-state index is 9.99. The molecule has 1 aliphatic rings. The summed E-state index contributed by atoms with van der Waals surface area (Å²) in [6, 6.07) is 9.40. The minimum absolute atomic E-state index is 0.200. The zero-order valence-electron chi connectivity index (χ0n) is 10.9. The first-order valence-electron chi connectivity index (χ1n) is 6.25. The van der Waals surface area contributed by atoms with E-state index in [0.29, 0.717) is 18.0 Å². The van der Waals surface area contributed by atoms with Crippen molar-refractivity contribution in [3.63, 3.8) is 0 Å². The van der Waals surface area contributed by atoms with E-state index in [9.17, 15) is 5.11 Å². The summed E-state index contributed by atoms with van der Waals surface area (Å²) in [6.45, 7) is 2.74. The number of hydrogen-bond donors (Lipinski definition) is 2. The Labute approximate surface area is 125 Å². The summed E-state index contributed by atoms with van der Waals surface area (Å²) in [5.41, 5.74) is 2.91. The van der Waals surface area contributed by atoms with E-state index in [1.807, 2.05) is 25.1 Å². The predicted octanol–water partition coefficient (Wildman–Crippen LogP) is 3.80. The molecule has 0 spiro atoms. The number of hydrogen-bond acceptors (Lipinski definition) is 4. The van der Waals surface area contributed by atoms with E-state index in [1.54, 1.807) is 12.1 Å². The van der Waals surface area contributed by atoms with Gasteiger partial charge in [0.2, 0.25) is 6.79 Å². The van der Waals surface area contributed by atoms with Crippen molar-refractivity contribution in [1.29, 1.82) is 0 Å². The number of rotatable bonds is 3. The molecule has 2 aromatic carbocycles. The van der Waals surface area contributed by atoms with Gasteiger partial charge in [0, 0.05) is 28.3 Å². The molecule has 3 rings (SSSR count). The molecule has 0 unspecified atom stereocenters.